The van der Waals surface area contributed by atoms with Crippen molar-refractivity contribution in [3.63, 3.8) is 0 Å². The van der Waals surface area contributed by atoms with Gasteiger partial charge in [-0.3, -0.25) is 0 Å². The van der Waals surface area contributed by atoms with Crippen LogP contribution in [0.3, 0.4) is 0 Å². The van der Waals surface area contributed by atoms with Crippen molar-refractivity contribution in [1.29, 1.82) is 0 Å². The number of sulfonamides is 1. The fraction of sp³-hybridized carbons (Fsp3) is 0.560. The first kappa shape index (κ1) is 28.1. The number of hydrogen-bond acceptors (Lipinski definition) is 9. The molecule has 2 aromatic heterocycles. The lowest BCUT2D eigenvalue weighted by Gasteiger charge is -2.39. The molecular formula is C25H32ClFN6O5S. The predicted octanol–water partition coefficient (Wildman–Crippen LogP) is 3.02. The van der Waals surface area contributed by atoms with E-state index in [4.69, 9.17) is 16.3 Å². The van der Waals surface area contributed by atoms with Crippen LogP contribution in [0.25, 0.3) is 22.3 Å². The third-order valence-corrected chi connectivity index (χ3v) is 9.29. The highest BCUT2D eigenvalue weighted by Gasteiger charge is 2.52. The van der Waals surface area contributed by atoms with Gasteiger partial charge in [-0.15, -0.1) is 0 Å². The highest BCUT2D eigenvalue weighted by atomic mass is 35.5. The van der Waals surface area contributed by atoms with Crippen molar-refractivity contribution in [3.8, 4) is 11.3 Å². The summed E-state index contributed by atoms with van der Waals surface area (Å²) in [7, 11) is -3.56. The van der Waals surface area contributed by atoms with E-state index in [0.717, 1.165) is 0 Å². The topological polar surface area (TPSA) is 143 Å². The summed E-state index contributed by atoms with van der Waals surface area (Å²) in [4.78, 5) is 13.1. The number of nitrogens with one attached hydrogen (secondary N) is 1. The Balaban J connectivity index is 1.49. The average Bonchev–Trinajstić information content (AvgIpc) is 3.43. The molecule has 0 spiro atoms. The zero-order valence-electron chi connectivity index (χ0n) is 22.3. The molecule has 212 valence electrons. The molecule has 2 saturated heterocycles. The molecule has 4 heterocycles. The summed E-state index contributed by atoms with van der Waals surface area (Å²) in [5.74, 6) is -0.210. The van der Waals surface area contributed by atoms with Crippen molar-refractivity contribution in [2.45, 2.75) is 77.1 Å². The molecule has 5 rings (SSSR count). The first-order chi connectivity index (χ1) is 18.2. The number of rotatable bonds is 7. The Morgan fingerprint density at radius 1 is 1.31 bits per heavy atom. The van der Waals surface area contributed by atoms with Crippen molar-refractivity contribution in [2.24, 2.45) is 0 Å². The van der Waals surface area contributed by atoms with E-state index in [1.54, 1.807) is 31.4 Å². The third kappa shape index (κ3) is 4.89. The third-order valence-electron chi connectivity index (χ3n) is 7.13. The number of imidazole rings is 1. The molecule has 0 radical (unpaired) electrons. The van der Waals surface area contributed by atoms with Crippen molar-refractivity contribution < 1.29 is 27.8 Å². The molecular weight excluding hydrogens is 551 g/mol. The number of ether oxygens (including phenoxy) is 1. The van der Waals surface area contributed by atoms with Gasteiger partial charge >= 0.3 is 0 Å². The van der Waals surface area contributed by atoms with E-state index in [-0.39, 0.29) is 47.0 Å². The molecule has 14 heteroatoms. The molecule has 2 aliphatic rings. The average molecular weight is 583 g/mol. The summed E-state index contributed by atoms with van der Waals surface area (Å²) in [5, 5.41) is 24.9. The molecule has 0 unspecified atom stereocenters. The molecule has 3 N–H and O–H groups in total. The van der Waals surface area contributed by atoms with Crippen LogP contribution in [-0.4, -0.2) is 79.2 Å². The molecule has 0 saturated carbocycles. The van der Waals surface area contributed by atoms with E-state index < -0.39 is 45.9 Å². The lowest BCUT2D eigenvalue weighted by atomic mass is 9.98. The van der Waals surface area contributed by atoms with Gasteiger partial charge < -0.3 is 24.8 Å². The summed E-state index contributed by atoms with van der Waals surface area (Å²) >= 11 is 6.45. The minimum atomic E-state index is -3.56. The van der Waals surface area contributed by atoms with Crippen molar-refractivity contribution >= 4 is 38.6 Å². The van der Waals surface area contributed by atoms with Crippen LogP contribution in [0.2, 0.25) is 5.02 Å². The summed E-state index contributed by atoms with van der Waals surface area (Å²) in [5.41, 5.74) is -0.0472. The fourth-order valence-electron chi connectivity index (χ4n) is 5.34. The predicted molar refractivity (Wildman–Crippen MR) is 144 cm³/mol. The van der Waals surface area contributed by atoms with E-state index in [2.05, 4.69) is 20.3 Å². The summed E-state index contributed by atoms with van der Waals surface area (Å²) in [6, 6.07) is 1.87. The van der Waals surface area contributed by atoms with Crippen molar-refractivity contribution in [2.75, 3.05) is 17.7 Å². The van der Waals surface area contributed by atoms with E-state index in [9.17, 15) is 18.6 Å². The van der Waals surface area contributed by atoms with Crippen LogP contribution in [0.15, 0.2) is 18.3 Å². The normalized spacial score (nSPS) is 24.2. The van der Waals surface area contributed by atoms with E-state index in [1.807, 2.05) is 13.8 Å². The molecule has 2 aliphatic heterocycles. The number of aliphatic hydroxyl groups excluding tert-OH is 1. The van der Waals surface area contributed by atoms with Gasteiger partial charge in [-0.25, -0.2) is 27.8 Å². The fourth-order valence-corrected chi connectivity index (χ4v) is 6.95. The van der Waals surface area contributed by atoms with E-state index in [0.29, 0.717) is 16.9 Å². The Morgan fingerprint density at radius 2 is 2.03 bits per heavy atom. The molecule has 0 aliphatic carbocycles. The quantitative estimate of drug-likeness (QED) is 0.383. The Labute approximate surface area is 231 Å². The number of fused-ring (bicyclic) bond motifs is 3. The van der Waals surface area contributed by atoms with Crippen LogP contribution in [0.5, 0.6) is 0 Å². The smallest absolute Gasteiger partial charge is 0.223 e. The van der Waals surface area contributed by atoms with Gasteiger partial charge in [0.25, 0.3) is 0 Å². The Bertz CT molecular complexity index is 1530. The number of aliphatic hydroxyl groups is 2. The maximum atomic E-state index is 15.3. The Morgan fingerprint density at radius 3 is 2.67 bits per heavy atom. The zero-order chi connectivity index (χ0) is 28.4. The molecule has 0 amide bonds. The second kappa shape index (κ2) is 9.89. The van der Waals surface area contributed by atoms with Gasteiger partial charge in [-0.05, 0) is 53.2 Å². The number of anilines is 1. The Hall–Kier alpha value is -2.42. The van der Waals surface area contributed by atoms with Crippen LogP contribution in [0.1, 0.15) is 52.9 Å². The number of halogens is 2. The first-order valence-electron chi connectivity index (χ1n) is 12.8. The SMILES string of the molecule is CCS(=O)(=O)N1[C@@H]2CO[C@H]1[C@@H](O)[C@H](Nc1ncc(Cl)c(-c3cc(F)c4nc(C(C)(C)O)n(C(C)C)c4c3)n1)C2. The molecule has 1 aromatic carbocycles. The monoisotopic (exact) mass is 582 g/mol. The van der Waals surface area contributed by atoms with Gasteiger partial charge in [0.1, 0.15) is 23.0 Å². The van der Waals surface area contributed by atoms with Crippen LogP contribution in [0.4, 0.5) is 10.3 Å². The lowest BCUT2D eigenvalue weighted by molar-refractivity contribution is -0.0555. The first-order valence-corrected chi connectivity index (χ1v) is 14.8. The summed E-state index contributed by atoms with van der Waals surface area (Å²) in [6.45, 7) is 8.76. The maximum absolute atomic E-state index is 15.3. The molecule has 4 atom stereocenters. The van der Waals surface area contributed by atoms with Crippen LogP contribution in [-0.2, 0) is 20.4 Å². The lowest BCUT2D eigenvalue weighted by Crippen LogP contribution is -2.59. The number of aromatic nitrogens is 4. The summed E-state index contributed by atoms with van der Waals surface area (Å²) < 4.78 is 49.0. The standard InChI is InChI=1S/C25H32ClFN6O5S/c1-6-39(36,37)33-14-9-17(21(34)22(33)38-11-14)29-24-28-10-15(26)19(31-24)13-7-16(27)20-18(8-13)32(12(2)3)23(30-20)25(4,5)35/h7-8,10,12,14,17,21-22,34-35H,6,9,11H2,1-5H3,(H,28,29,31)/t14-,17+,21-,22-/m0/s1. The van der Waals surface area contributed by atoms with Gasteiger partial charge in [-0.1, -0.05) is 11.6 Å². The van der Waals surface area contributed by atoms with Gasteiger partial charge in [0.2, 0.25) is 16.0 Å². The van der Waals surface area contributed by atoms with Crippen molar-refractivity contribution in [3.05, 3.63) is 35.0 Å². The highest BCUT2D eigenvalue weighted by Crippen LogP contribution is 2.37. The minimum absolute atomic E-state index is 0.0915. The second-order valence-electron chi connectivity index (χ2n) is 10.8. The molecule has 2 fully saturated rings. The van der Waals surface area contributed by atoms with Gasteiger partial charge in [0, 0.05) is 11.6 Å². The number of hydrogen-bond donors (Lipinski definition) is 3. The minimum Gasteiger partial charge on any atom is -0.387 e. The van der Waals surface area contributed by atoms with Gasteiger partial charge in [0.05, 0.1) is 46.9 Å². The Kier molecular flexibility index (Phi) is 7.13. The van der Waals surface area contributed by atoms with Crippen molar-refractivity contribution in [1.82, 2.24) is 23.8 Å². The number of nitrogens with zero attached hydrogens (tertiary/aromatic N) is 5. The molecule has 2 bridgehead atoms. The van der Waals surface area contributed by atoms with E-state index in [1.165, 1.54) is 16.6 Å². The molecule has 39 heavy (non-hydrogen) atoms. The zero-order valence-corrected chi connectivity index (χ0v) is 23.8. The largest absolute Gasteiger partial charge is 0.387 e. The maximum Gasteiger partial charge on any atom is 0.223 e. The second-order valence-corrected chi connectivity index (χ2v) is 13.3. The highest BCUT2D eigenvalue weighted by molar-refractivity contribution is 7.89. The van der Waals surface area contributed by atoms with Crippen LogP contribution in [0, 0.1) is 5.82 Å². The molecule has 11 nitrogen and oxygen atoms in total. The molecule has 3 aromatic rings. The number of benzene rings is 1. The van der Waals surface area contributed by atoms with Gasteiger partial charge in [0.15, 0.2) is 12.0 Å². The summed E-state index contributed by atoms with van der Waals surface area (Å²) in [6.07, 6.45) is -0.505. The van der Waals surface area contributed by atoms with Gasteiger partial charge in [-0.2, -0.15) is 4.31 Å². The van der Waals surface area contributed by atoms with E-state index >= 15 is 4.39 Å². The van der Waals surface area contributed by atoms with Crippen LogP contribution < -0.4 is 5.32 Å². The van der Waals surface area contributed by atoms with Crippen LogP contribution >= 0.6 is 11.6 Å². The number of piperidine rings is 1.